The molecule has 7 rings (SSSR count). The van der Waals surface area contributed by atoms with Crippen LogP contribution in [0.1, 0.15) is 77.6 Å². The van der Waals surface area contributed by atoms with E-state index in [1.54, 1.807) is 0 Å². The molecule has 2 aliphatic heterocycles. The third-order valence-electron chi connectivity index (χ3n) is 10.2. The molecule has 0 saturated heterocycles. The minimum absolute atomic E-state index is 0.582. The van der Waals surface area contributed by atoms with E-state index in [1.165, 1.54) is 42.8 Å². The van der Waals surface area contributed by atoms with Crippen LogP contribution >= 0.6 is 0 Å². The molecular weight excluding hydrogens is 516 g/mol. The first-order valence-electron chi connectivity index (χ1n) is 14.9. The Labute approximate surface area is 248 Å². The van der Waals surface area contributed by atoms with Gasteiger partial charge in [0.05, 0.1) is 22.2 Å². The van der Waals surface area contributed by atoms with E-state index in [1.807, 2.05) is 55.4 Å². The minimum atomic E-state index is -0.624. The Balaban J connectivity index is 1.53. The number of fused-ring (bicyclic) bond motifs is 4. The SMILES string of the molecule is CC1(C)c2ccc(-c3c4ccccc4c(-c4ccc5c(c4)C(C)(C)N([O])C5(C)C)c4ccccc34)cc2C(C)(C)N1[O]. The molecule has 0 aromatic heterocycles. The fraction of sp³-hybridized carbons (Fsp3) is 0.316. The average molecular weight is 555 g/mol. The second-order valence-corrected chi connectivity index (χ2v) is 14.2. The molecule has 0 amide bonds. The van der Waals surface area contributed by atoms with E-state index >= 15 is 0 Å². The molecule has 42 heavy (non-hydrogen) atoms. The van der Waals surface area contributed by atoms with Crippen LogP contribution in [0.5, 0.6) is 0 Å². The molecule has 212 valence electrons. The van der Waals surface area contributed by atoms with Crippen molar-refractivity contribution in [3.05, 3.63) is 107 Å². The number of hydroxylamine groups is 4. The molecule has 2 radical (unpaired) electrons. The largest absolute Gasteiger partial charge is 0.135 e. The number of rotatable bonds is 2. The fourth-order valence-corrected chi connectivity index (χ4v) is 8.06. The highest BCUT2D eigenvalue weighted by Gasteiger charge is 2.51. The first-order chi connectivity index (χ1) is 19.7. The molecule has 4 nitrogen and oxygen atoms in total. The van der Waals surface area contributed by atoms with Crippen LogP contribution in [0.25, 0.3) is 43.8 Å². The number of benzene rings is 5. The van der Waals surface area contributed by atoms with Crippen molar-refractivity contribution in [2.75, 3.05) is 0 Å². The normalized spacial score (nSPS) is 20.2. The Morgan fingerprint density at radius 2 is 0.690 bits per heavy atom. The van der Waals surface area contributed by atoms with Crippen molar-refractivity contribution in [1.29, 1.82) is 0 Å². The molecule has 2 aliphatic rings. The monoisotopic (exact) mass is 554 g/mol. The lowest BCUT2D eigenvalue weighted by Crippen LogP contribution is -2.41. The van der Waals surface area contributed by atoms with Crippen LogP contribution in [0.2, 0.25) is 0 Å². The third-order valence-corrected chi connectivity index (χ3v) is 10.2. The van der Waals surface area contributed by atoms with Gasteiger partial charge >= 0.3 is 0 Å². The van der Waals surface area contributed by atoms with Gasteiger partial charge in [-0.05, 0) is 134 Å². The summed E-state index contributed by atoms with van der Waals surface area (Å²) in [5, 5.41) is 33.9. The summed E-state index contributed by atoms with van der Waals surface area (Å²) in [5.74, 6) is 0. The van der Waals surface area contributed by atoms with Crippen LogP contribution in [0.4, 0.5) is 0 Å². The summed E-state index contributed by atoms with van der Waals surface area (Å²) in [6, 6.07) is 30.4. The highest BCUT2D eigenvalue weighted by atomic mass is 16.5. The molecule has 0 N–H and O–H groups in total. The molecule has 5 aromatic rings. The molecule has 0 bridgehead atoms. The summed E-state index contributed by atoms with van der Waals surface area (Å²) < 4.78 is 0. The highest BCUT2D eigenvalue weighted by Crippen LogP contribution is 2.53. The second kappa shape index (κ2) is 8.52. The van der Waals surface area contributed by atoms with Gasteiger partial charge in [-0.1, -0.05) is 72.8 Å². The van der Waals surface area contributed by atoms with E-state index in [-0.39, 0.29) is 0 Å². The average Bonchev–Trinajstić information content (AvgIpc) is 3.19. The molecular formula is C38H38N2O2. The van der Waals surface area contributed by atoms with Crippen molar-refractivity contribution < 1.29 is 10.4 Å². The van der Waals surface area contributed by atoms with Crippen LogP contribution in [-0.2, 0) is 32.6 Å². The molecule has 4 heteroatoms. The Hall–Kier alpha value is -3.54. The minimum Gasteiger partial charge on any atom is -0.135 e. The van der Waals surface area contributed by atoms with Gasteiger partial charge in [0.15, 0.2) is 0 Å². The van der Waals surface area contributed by atoms with Crippen LogP contribution in [0, 0.1) is 0 Å². The van der Waals surface area contributed by atoms with Crippen LogP contribution < -0.4 is 0 Å². The summed E-state index contributed by atoms with van der Waals surface area (Å²) >= 11 is 0. The predicted molar refractivity (Wildman–Crippen MR) is 169 cm³/mol. The van der Waals surface area contributed by atoms with Crippen molar-refractivity contribution in [3.63, 3.8) is 0 Å². The lowest BCUT2D eigenvalue weighted by atomic mass is 9.82. The third kappa shape index (κ3) is 3.38. The Morgan fingerprint density at radius 3 is 1.00 bits per heavy atom. The lowest BCUT2D eigenvalue weighted by molar-refractivity contribution is -0.266. The van der Waals surface area contributed by atoms with Gasteiger partial charge in [-0.3, -0.25) is 0 Å². The summed E-state index contributed by atoms with van der Waals surface area (Å²) in [5.41, 5.74) is 6.53. The first-order valence-corrected chi connectivity index (χ1v) is 14.9. The van der Waals surface area contributed by atoms with E-state index < -0.39 is 22.2 Å². The number of nitrogens with zero attached hydrogens (tertiary/aromatic N) is 2. The van der Waals surface area contributed by atoms with E-state index in [0.29, 0.717) is 0 Å². The summed E-state index contributed by atoms with van der Waals surface area (Å²) in [6.07, 6.45) is 0. The van der Waals surface area contributed by atoms with Gasteiger partial charge in [-0.2, -0.15) is 0 Å². The van der Waals surface area contributed by atoms with Gasteiger partial charge in [0.2, 0.25) is 0 Å². The molecule has 0 saturated carbocycles. The van der Waals surface area contributed by atoms with Crippen molar-refractivity contribution in [1.82, 2.24) is 10.1 Å². The van der Waals surface area contributed by atoms with Crippen LogP contribution in [0.15, 0.2) is 84.9 Å². The van der Waals surface area contributed by atoms with Crippen molar-refractivity contribution in [3.8, 4) is 22.3 Å². The summed E-state index contributed by atoms with van der Waals surface area (Å²) in [7, 11) is 0. The smallest absolute Gasteiger partial charge is 0.0699 e. The van der Waals surface area contributed by atoms with Gasteiger partial charge in [0.25, 0.3) is 0 Å². The summed E-state index contributed by atoms with van der Waals surface area (Å²) in [6.45, 7) is 16.1. The maximum Gasteiger partial charge on any atom is 0.0699 e. The van der Waals surface area contributed by atoms with Gasteiger partial charge in [-0.25, -0.2) is 0 Å². The van der Waals surface area contributed by atoms with Gasteiger partial charge in [-0.15, -0.1) is 20.5 Å². The zero-order valence-corrected chi connectivity index (χ0v) is 25.8. The lowest BCUT2D eigenvalue weighted by Gasteiger charge is -2.32. The number of hydrogen-bond donors (Lipinski definition) is 0. The van der Waals surface area contributed by atoms with Crippen molar-refractivity contribution in [2.24, 2.45) is 0 Å². The molecule has 5 aromatic carbocycles. The van der Waals surface area contributed by atoms with E-state index in [2.05, 4.69) is 84.9 Å². The quantitative estimate of drug-likeness (QED) is 0.204. The van der Waals surface area contributed by atoms with Gasteiger partial charge in [0, 0.05) is 0 Å². The first kappa shape index (κ1) is 27.3. The Bertz CT molecular complexity index is 1740. The van der Waals surface area contributed by atoms with E-state index in [0.717, 1.165) is 33.4 Å². The maximum absolute atomic E-state index is 13.4. The Kier molecular flexibility index (Phi) is 5.54. The zero-order valence-electron chi connectivity index (χ0n) is 25.8. The Morgan fingerprint density at radius 1 is 0.405 bits per heavy atom. The van der Waals surface area contributed by atoms with Crippen molar-refractivity contribution in [2.45, 2.75) is 77.5 Å². The maximum atomic E-state index is 13.4. The van der Waals surface area contributed by atoms with Gasteiger partial charge in [0.1, 0.15) is 0 Å². The molecule has 0 aliphatic carbocycles. The van der Waals surface area contributed by atoms with Crippen LogP contribution in [0.3, 0.4) is 0 Å². The topological polar surface area (TPSA) is 46.3 Å². The van der Waals surface area contributed by atoms with Crippen LogP contribution in [-0.4, -0.2) is 10.1 Å². The highest BCUT2D eigenvalue weighted by molar-refractivity contribution is 6.21. The van der Waals surface area contributed by atoms with E-state index in [9.17, 15) is 10.4 Å². The fourth-order valence-electron chi connectivity index (χ4n) is 8.06. The van der Waals surface area contributed by atoms with E-state index in [4.69, 9.17) is 0 Å². The van der Waals surface area contributed by atoms with Crippen molar-refractivity contribution >= 4 is 21.5 Å². The molecule has 0 unspecified atom stereocenters. The van der Waals surface area contributed by atoms with Gasteiger partial charge < -0.3 is 0 Å². The molecule has 0 atom stereocenters. The zero-order chi connectivity index (χ0) is 30.0. The second-order valence-electron chi connectivity index (χ2n) is 14.2. The molecule has 0 fully saturated rings. The molecule has 0 spiro atoms. The molecule has 2 heterocycles. The standard InChI is InChI=1S/C38H38N2O2/c1-35(2)29-19-17-23(21-31(29)37(5,6)39(35)41)33-25-13-9-11-15-27(25)34(28-16-12-10-14-26(28)33)24-18-20-30-32(22-24)38(7,8)40(42)36(30,3)4/h9-22H,1-8H3. The number of hydrogen-bond acceptors (Lipinski definition) is 2. The summed E-state index contributed by atoms with van der Waals surface area (Å²) in [4.78, 5) is 0. The predicted octanol–water partition coefficient (Wildman–Crippen LogP) is 9.59.